The number of rotatable bonds is 12. The lowest BCUT2D eigenvalue weighted by Gasteiger charge is -2.08. The van der Waals surface area contributed by atoms with Crippen LogP contribution in [0.4, 0.5) is 13.2 Å². The zero-order valence-electron chi connectivity index (χ0n) is 18.3. The topological polar surface area (TPSA) is 63.6 Å². The monoisotopic (exact) mass is 492 g/mol. The Morgan fingerprint density at radius 1 is 0.812 bits per heavy atom. The summed E-state index contributed by atoms with van der Waals surface area (Å²) in [6.07, 6.45) is 10.7. The molecular weight excluding hydrogens is 460 g/mol. The molecule has 0 radical (unpaired) electrons. The Labute approximate surface area is 191 Å². The van der Waals surface area contributed by atoms with Gasteiger partial charge in [0, 0.05) is 0 Å². The van der Waals surface area contributed by atoms with Crippen molar-refractivity contribution in [2.45, 2.75) is 63.8 Å². The lowest BCUT2D eigenvalue weighted by atomic mass is 10.1. The average molecular weight is 493 g/mol. The van der Waals surface area contributed by atoms with Crippen LogP contribution in [0.15, 0.2) is 54.6 Å². The molecule has 0 fully saturated rings. The SMILES string of the molecule is CCCCCCCCCCOc1ccc(Pc2ccccc2)cc1.O=S(=O)(O)C(F)(F)F. The molecule has 0 bridgehead atoms. The molecule has 2 rings (SSSR count). The van der Waals surface area contributed by atoms with E-state index in [9.17, 15) is 13.2 Å². The van der Waals surface area contributed by atoms with Gasteiger partial charge in [-0.05, 0) is 29.2 Å². The van der Waals surface area contributed by atoms with Crippen LogP contribution in [-0.4, -0.2) is 25.1 Å². The maximum absolute atomic E-state index is 10.7. The predicted molar refractivity (Wildman–Crippen MR) is 126 cm³/mol. The summed E-state index contributed by atoms with van der Waals surface area (Å²) in [4.78, 5) is 0. The molecule has 0 aliphatic heterocycles. The van der Waals surface area contributed by atoms with E-state index in [1.807, 2.05) is 0 Å². The van der Waals surface area contributed by atoms with Crippen molar-refractivity contribution in [3.63, 3.8) is 0 Å². The molecular formula is C23H32F3O4PS. The fraction of sp³-hybridized carbons (Fsp3) is 0.478. The van der Waals surface area contributed by atoms with Gasteiger partial charge in [-0.3, -0.25) is 4.55 Å². The number of hydrogen-bond acceptors (Lipinski definition) is 3. The normalized spacial score (nSPS) is 11.9. The molecule has 0 saturated heterocycles. The molecule has 1 atom stereocenters. The van der Waals surface area contributed by atoms with Crippen molar-refractivity contribution in [3.8, 4) is 5.75 Å². The van der Waals surface area contributed by atoms with Gasteiger partial charge in [0.05, 0.1) is 6.61 Å². The standard InChI is InChI=1S/C22H31OP.CHF3O3S/c1-2-3-4-5-6-7-8-12-19-23-20-15-17-22(18-16-20)24-21-13-10-9-11-14-21;2-1(3,4)8(5,6)7/h9-11,13-18,24H,2-8,12,19H2,1H3;(H,5,6,7). The highest BCUT2D eigenvalue weighted by molar-refractivity contribution is 7.86. The van der Waals surface area contributed by atoms with Crippen LogP contribution in [0, 0.1) is 0 Å². The van der Waals surface area contributed by atoms with E-state index >= 15 is 0 Å². The Kier molecular flexibility index (Phi) is 13.5. The molecule has 32 heavy (non-hydrogen) atoms. The van der Waals surface area contributed by atoms with Crippen molar-refractivity contribution in [1.29, 1.82) is 0 Å². The van der Waals surface area contributed by atoms with E-state index in [1.165, 1.54) is 62.0 Å². The molecule has 2 aromatic carbocycles. The van der Waals surface area contributed by atoms with Crippen LogP contribution < -0.4 is 15.3 Å². The van der Waals surface area contributed by atoms with Crippen LogP contribution in [0.5, 0.6) is 5.75 Å². The first kappa shape index (κ1) is 28.4. The summed E-state index contributed by atoms with van der Waals surface area (Å²) in [6.45, 7) is 3.11. The van der Waals surface area contributed by atoms with Crippen molar-refractivity contribution >= 4 is 29.3 Å². The highest BCUT2D eigenvalue weighted by Crippen LogP contribution is 2.20. The number of benzene rings is 2. The summed E-state index contributed by atoms with van der Waals surface area (Å²) < 4.78 is 63.4. The van der Waals surface area contributed by atoms with Crippen molar-refractivity contribution in [2.24, 2.45) is 0 Å². The van der Waals surface area contributed by atoms with Gasteiger partial charge in [0.15, 0.2) is 0 Å². The first-order valence-electron chi connectivity index (χ1n) is 10.7. The van der Waals surface area contributed by atoms with E-state index in [0.29, 0.717) is 0 Å². The fourth-order valence-corrected chi connectivity index (χ4v) is 3.77. The van der Waals surface area contributed by atoms with E-state index < -0.39 is 15.6 Å². The number of unbranched alkanes of at least 4 members (excludes halogenated alkanes) is 7. The molecule has 0 aliphatic carbocycles. The largest absolute Gasteiger partial charge is 0.522 e. The lowest BCUT2D eigenvalue weighted by molar-refractivity contribution is -0.0510. The summed E-state index contributed by atoms with van der Waals surface area (Å²) in [5.41, 5.74) is -5.53. The maximum atomic E-state index is 10.7. The smallest absolute Gasteiger partial charge is 0.494 e. The molecule has 0 heterocycles. The second-order valence-corrected chi connectivity index (χ2v) is 10.1. The van der Waals surface area contributed by atoms with Crippen LogP contribution >= 0.6 is 8.58 Å². The summed E-state index contributed by atoms with van der Waals surface area (Å²) in [6, 6.07) is 19.2. The molecule has 2 aromatic rings. The molecule has 4 nitrogen and oxygen atoms in total. The van der Waals surface area contributed by atoms with E-state index in [4.69, 9.17) is 17.7 Å². The van der Waals surface area contributed by atoms with Crippen LogP contribution in [0.25, 0.3) is 0 Å². The van der Waals surface area contributed by atoms with E-state index in [1.54, 1.807) is 0 Å². The fourth-order valence-electron chi connectivity index (χ4n) is 2.75. The van der Waals surface area contributed by atoms with Crippen molar-refractivity contribution < 1.29 is 30.9 Å². The zero-order valence-corrected chi connectivity index (χ0v) is 20.1. The number of alkyl halides is 3. The quantitative estimate of drug-likeness (QED) is 0.165. The highest BCUT2D eigenvalue weighted by atomic mass is 32.2. The predicted octanol–water partition coefficient (Wildman–Crippen LogP) is 6.23. The minimum Gasteiger partial charge on any atom is -0.494 e. The number of halogens is 3. The van der Waals surface area contributed by atoms with Gasteiger partial charge in [-0.15, -0.1) is 0 Å². The van der Waals surface area contributed by atoms with Crippen molar-refractivity contribution in [3.05, 3.63) is 54.6 Å². The van der Waals surface area contributed by atoms with E-state index in [-0.39, 0.29) is 0 Å². The Balaban J connectivity index is 0.000000547. The first-order valence-corrected chi connectivity index (χ1v) is 13.2. The van der Waals surface area contributed by atoms with Gasteiger partial charge in [0.25, 0.3) is 0 Å². The van der Waals surface area contributed by atoms with Crippen LogP contribution in [0.1, 0.15) is 58.3 Å². The number of hydrogen-bond donors (Lipinski definition) is 1. The summed E-state index contributed by atoms with van der Waals surface area (Å²) in [5, 5.41) is 2.74. The van der Waals surface area contributed by atoms with Crippen molar-refractivity contribution in [1.82, 2.24) is 0 Å². The van der Waals surface area contributed by atoms with Gasteiger partial charge >= 0.3 is 15.6 Å². The summed E-state index contributed by atoms with van der Waals surface area (Å²) in [7, 11) is -5.12. The van der Waals surface area contributed by atoms with E-state index in [2.05, 4.69) is 61.5 Å². The lowest BCUT2D eigenvalue weighted by Crippen LogP contribution is -2.21. The first-order chi connectivity index (χ1) is 15.1. The molecule has 180 valence electrons. The molecule has 0 saturated carbocycles. The minimum absolute atomic E-state index is 0.719. The van der Waals surface area contributed by atoms with Gasteiger partial charge in [-0.25, -0.2) is 0 Å². The average Bonchev–Trinajstić information content (AvgIpc) is 2.73. The van der Waals surface area contributed by atoms with Gasteiger partial charge in [0.1, 0.15) is 5.75 Å². The maximum Gasteiger partial charge on any atom is 0.522 e. The molecule has 0 spiro atoms. The summed E-state index contributed by atoms with van der Waals surface area (Å²) in [5.74, 6) is 1.000. The van der Waals surface area contributed by atoms with Crippen LogP contribution in [-0.2, 0) is 10.1 Å². The van der Waals surface area contributed by atoms with Crippen molar-refractivity contribution in [2.75, 3.05) is 6.61 Å². The molecule has 9 heteroatoms. The Bertz CT molecular complexity index is 842. The molecule has 1 unspecified atom stereocenters. The third-order valence-corrected chi connectivity index (χ3v) is 6.30. The van der Waals surface area contributed by atoms with E-state index in [0.717, 1.165) is 20.9 Å². The Hall–Kier alpha value is -1.63. The molecule has 0 aromatic heterocycles. The second-order valence-electron chi connectivity index (χ2n) is 7.26. The third kappa shape index (κ3) is 13.0. The van der Waals surface area contributed by atoms with Gasteiger partial charge in [-0.1, -0.05) is 103 Å². The van der Waals surface area contributed by atoms with Gasteiger partial charge in [0.2, 0.25) is 0 Å². The molecule has 0 amide bonds. The van der Waals surface area contributed by atoms with Gasteiger partial charge in [-0.2, -0.15) is 21.6 Å². The molecule has 1 N–H and O–H groups in total. The Morgan fingerprint density at radius 2 is 1.28 bits per heavy atom. The van der Waals surface area contributed by atoms with Crippen LogP contribution in [0.2, 0.25) is 0 Å². The third-order valence-electron chi connectivity index (χ3n) is 4.48. The Morgan fingerprint density at radius 3 is 1.78 bits per heavy atom. The zero-order chi connectivity index (χ0) is 23.9. The van der Waals surface area contributed by atoms with Gasteiger partial charge < -0.3 is 4.74 Å². The molecule has 0 aliphatic rings. The number of ether oxygens (including phenoxy) is 1. The highest BCUT2D eigenvalue weighted by Gasteiger charge is 2.44. The minimum atomic E-state index is -5.84. The van der Waals surface area contributed by atoms with Crippen LogP contribution in [0.3, 0.4) is 0 Å². The second kappa shape index (κ2) is 15.3. The summed E-state index contributed by atoms with van der Waals surface area (Å²) >= 11 is 0.